The lowest BCUT2D eigenvalue weighted by Gasteiger charge is -2.14. The molecule has 0 atom stereocenters. The smallest absolute Gasteiger partial charge is 0.163 e. The average Bonchev–Trinajstić information content (AvgIpc) is 3.10. The summed E-state index contributed by atoms with van der Waals surface area (Å²) in [7, 11) is 0. The Kier molecular flexibility index (Phi) is 5.47. The van der Waals surface area contributed by atoms with Gasteiger partial charge in [-0.3, -0.25) is 0 Å². The molecule has 0 saturated carbocycles. The van der Waals surface area contributed by atoms with Crippen molar-refractivity contribution in [3.8, 4) is 33.8 Å². The Morgan fingerprint density at radius 2 is 1.09 bits per heavy atom. The lowest BCUT2D eigenvalue weighted by Crippen LogP contribution is -1.97. The predicted molar refractivity (Wildman–Crippen MR) is 181 cm³/mol. The summed E-state index contributed by atoms with van der Waals surface area (Å²) in [5, 5.41) is 7.93. The van der Waals surface area contributed by atoms with Crippen LogP contribution in [0, 0.1) is 0 Å². The SMILES string of the molecule is c1ccc2cc(-c3nc(-c4ccc(-c5c6ccccc6nc6c5ccc5ccccc56)cc4)nc4ncccc34)ccc2c1. The molecule has 0 aliphatic rings. The molecule has 0 saturated heterocycles. The summed E-state index contributed by atoms with van der Waals surface area (Å²) in [6.07, 6.45) is 1.79. The predicted octanol–water partition coefficient (Wildman–Crippen LogP) is 10.0. The Labute approximate surface area is 253 Å². The molecule has 9 aromatic rings. The molecule has 3 aromatic heterocycles. The minimum absolute atomic E-state index is 0.654. The van der Waals surface area contributed by atoms with Gasteiger partial charge in [0.25, 0.3) is 0 Å². The van der Waals surface area contributed by atoms with Gasteiger partial charge in [0.15, 0.2) is 11.5 Å². The zero-order valence-electron chi connectivity index (χ0n) is 23.6. The largest absolute Gasteiger partial charge is 0.247 e. The molecule has 0 amide bonds. The highest BCUT2D eigenvalue weighted by Crippen LogP contribution is 2.38. The minimum atomic E-state index is 0.654. The van der Waals surface area contributed by atoms with E-state index in [2.05, 4.69) is 132 Å². The van der Waals surface area contributed by atoms with Crippen molar-refractivity contribution in [3.63, 3.8) is 0 Å². The zero-order chi connectivity index (χ0) is 29.0. The molecule has 0 spiro atoms. The summed E-state index contributed by atoms with van der Waals surface area (Å²) >= 11 is 0. The maximum Gasteiger partial charge on any atom is 0.163 e. The van der Waals surface area contributed by atoms with Crippen LogP contribution < -0.4 is 0 Å². The van der Waals surface area contributed by atoms with Crippen molar-refractivity contribution >= 4 is 54.4 Å². The number of fused-ring (bicyclic) bond motifs is 6. The van der Waals surface area contributed by atoms with E-state index in [1.54, 1.807) is 6.20 Å². The monoisotopic (exact) mass is 560 g/mol. The van der Waals surface area contributed by atoms with Crippen LogP contribution in [0.1, 0.15) is 0 Å². The highest BCUT2D eigenvalue weighted by atomic mass is 14.9. The third kappa shape index (κ3) is 3.92. The first-order valence-electron chi connectivity index (χ1n) is 14.7. The first-order chi connectivity index (χ1) is 21.8. The molecule has 44 heavy (non-hydrogen) atoms. The summed E-state index contributed by atoms with van der Waals surface area (Å²) in [5.41, 5.74) is 7.86. The number of hydrogen-bond donors (Lipinski definition) is 0. The lowest BCUT2D eigenvalue weighted by molar-refractivity contribution is 1.19. The molecule has 4 heteroatoms. The van der Waals surface area contributed by atoms with Crippen molar-refractivity contribution in [1.82, 2.24) is 19.9 Å². The molecule has 0 aliphatic carbocycles. The third-order valence-electron chi connectivity index (χ3n) is 8.50. The molecular formula is C40H24N4. The number of para-hydroxylation sites is 1. The van der Waals surface area contributed by atoms with Crippen molar-refractivity contribution in [2.75, 3.05) is 0 Å². The van der Waals surface area contributed by atoms with Crippen molar-refractivity contribution in [2.45, 2.75) is 0 Å². The number of rotatable bonds is 3. The van der Waals surface area contributed by atoms with Gasteiger partial charge in [-0.25, -0.2) is 19.9 Å². The van der Waals surface area contributed by atoms with E-state index < -0.39 is 0 Å². The maximum atomic E-state index is 5.12. The summed E-state index contributed by atoms with van der Waals surface area (Å²) in [6.45, 7) is 0. The second kappa shape index (κ2) is 9.79. The van der Waals surface area contributed by atoms with Crippen LogP contribution in [-0.2, 0) is 0 Å². The molecule has 0 radical (unpaired) electrons. The van der Waals surface area contributed by atoms with E-state index in [4.69, 9.17) is 15.0 Å². The molecule has 0 N–H and O–H groups in total. The Morgan fingerprint density at radius 3 is 1.98 bits per heavy atom. The minimum Gasteiger partial charge on any atom is -0.247 e. The van der Waals surface area contributed by atoms with Crippen molar-refractivity contribution in [1.29, 1.82) is 0 Å². The summed E-state index contributed by atoms with van der Waals surface area (Å²) < 4.78 is 0. The normalized spacial score (nSPS) is 11.6. The summed E-state index contributed by atoms with van der Waals surface area (Å²) in [5.74, 6) is 0.654. The van der Waals surface area contributed by atoms with Gasteiger partial charge in [0.1, 0.15) is 0 Å². The first kappa shape index (κ1) is 24.6. The molecule has 9 rings (SSSR count). The number of nitrogens with zero attached hydrogens (tertiary/aromatic N) is 4. The molecule has 204 valence electrons. The highest BCUT2D eigenvalue weighted by molar-refractivity contribution is 6.17. The van der Waals surface area contributed by atoms with Crippen LogP contribution in [-0.4, -0.2) is 19.9 Å². The van der Waals surface area contributed by atoms with Crippen molar-refractivity contribution in [3.05, 3.63) is 146 Å². The molecule has 0 fully saturated rings. The van der Waals surface area contributed by atoms with Gasteiger partial charge in [-0.15, -0.1) is 0 Å². The Bertz CT molecular complexity index is 2550. The van der Waals surface area contributed by atoms with Gasteiger partial charge in [-0.05, 0) is 46.0 Å². The van der Waals surface area contributed by atoms with Crippen molar-refractivity contribution < 1.29 is 0 Å². The van der Waals surface area contributed by atoms with Gasteiger partial charge in [-0.2, -0.15) is 0 Å². The van der Waals surface area contributed by atoms with Crippen LogP contribution in [0.2, 0.25) is 0 Å². The highest BCUT2D eigenvalue weighted by Gasteiger charge is 2.16. The molecule has 3 heterocycles. The van der Waals surface area contributed by atoms with Crippen LogP contribution in [0.3, 0.4) is 0 Å². The van der Waals surface area contributed by atoms with E-state index in [1.165, 1.54) is 21.7 Å². The van der Waals surface area contributed by atoms with Gasteiger partial charge < -0.3 is 0 Å². The molecular weight excluding hydrogens is 536 g/mol. The third-order valence-corrected chi connectivity index (χ3v) is 8.50. The number of pyridine rings is 2. The van der Waals surface area contributed by atoms with E-state index >= 15 is 0 Å². The Morgan fingerprint density at radius 1 is 0.409 bits per heavy atom. The van der Waals surface area contributed by atoms with E-state index in [9.17, 15) is 0 Å². The van der Waals surface area contributed by atoms with E-state index in [0.717, 1.165) is 55.0 Å². The fourth-order valence-electron chi connectivity index (χ4n) is 6.37. The summed E-state index contributed by atoms with van der Waals surface area (Å²) in [4.78, 5) is 19.8. The average molecular weight is 561 g/mol. The fraction of sp³-hybridized carbons (Fsp3) is 0. The van der Waals surface area contributed by atoms with Crippen LogP contribution in [0.5, 0.6) is 0 Å². The molecule has 0 unspecified atom stereocenters. The zero-order valence-corrected chi connectivity index (χ0v) is 23.6. The Hall–Kier alpha value is -6.00. The Balaban J connectivity index is 1.22. The van der Waals surface area contributed by atoms with Crippen molar-refractivity contribution in [2.24, 2.45) is 0 Å². The number of benzene rings is 6. The first-order valence-corrected chi connectivity index (χ1v) is 14.7. The van der Waals surface area contributed by atoms with Crippen LogP contribution in [0.15, 0.2) is 146 Å². The molecule has 6 aromatic carbocycles. The fourth-order valence-corrected chi connectivity index (χ4v) is 6.37. The lowest BCUT2D eigenvalue weighted by atomic mass is 9.93. The van der Waals surface area contributed by atoms with Gasteiger partial charge in [-0.1, -0.05) is 115 Å². The van der Waals surface area contributed by atoms with Gasteiger partial charge in [0.2, 0.25) is 0 Å². The quantitative estimate of drug-likeness (QED) is 0.159. The van der Waals surface area contributed by atoms with Gasteiger partial charge in [0.05, 0.1) is 16.7 Å². The van der Waals surface area contributed by atoms with Crippen LogP contribution in [0.4, 0.5) is 0 Å². The topological polar surface area (TPSA) is 51.6 Å². The number of aromatic nitrogens is 4. The van der Waals surface area contributed by atoms with E-state index in [-0.39, 0.29) is 0 Å². The maximum absolute atomic E-state index is 5.12. The van der Waals surface area contributed by atoms with Gasteiger partial charge >= 0.3 is 0 Å². The van der Waals surface area contributed by atoms with E-state index in [0.29, 0.717) is 11.5 Å². The summed E-state index contributed by atoms with van der Waals surface area (Å²) in [6, 6.07) is 48.7. The second-order valence-corrected chi connectivity index (χ2v) is 11.1. The standard InChI is InChI=1S/C40H24N4/c1-2-10-29-24-30(20-15-25(29)8-1)37-34-13-7-23-41-40(34)44-39(43-37)28-18-16-27(17-19-28)36-32-12-5-6-14-35(32)42-38-31-11-4-3-9-26(31)21-22-33(36)38/h1-24H. The van der Waals surface area contributed by atoms with E-state index in [1.807, 2.05) is 12.1 Å². The molecule has 0 bridgehead atoms. The number of hydrogen-bond acceptors (Lipinski definition) is 4. The van der Waals surface area contributed by atoms with Gasteiger partial charge in [0, 0.05) is 44.4 Å². The van der Waals surface area contributed by atoms with Crippen LogP contribution in [0.25, 0.3) is 88.2 Å². The molecule has 0 aliphatic heterocycles. The van der Waals surface area contributed by atoms with Crippen LogP contribution >= 0.6 is 0 Å². The molecule has 4 nitrogen and oxygen atoms in total. The second-order valence-electron chi connectivity index (χ2n) is 11.1.